The molecule has 5 aliphatic carbocycles. The summed E-state index contributed by atoms with van der Waals surface area (Å²) in [5, 5.41) is 0. The summed E-state index contributed by atoms with van der Waals surface area (Å²) in [6.45, 7) is 19.7. The summed E-state index contributed by atoms with van der Waals surface area (Å²) in [5.41, 5.74) is 2.55. The minimum absolute atomic E-state index is 0.00742. The molecule has 42 heavy (non-hydrogen) atoms. The first-order chi connectivity index (χ1) is 20.0. The summed E-state index contributed by atoms with van der Waals surface area (Å²) >= 11 is 0. The van der Waals surface area contributed by atoms with Gasteiger partial charge in [-0.25, -0.2) is 0 Å². The number of esters is 1. The van der Waals surface area contributed by atoms with E-state index in [1.807, 2.05) is 0 Å². The molecule has 0 radical (unpaired) electrons. The lowest BCUT2D eigenvalue weighted by Crippen LogP contribution is -2.51. The van der Waals surface area contributed by atoms with E-state index in [9.17, 15) is 4.79 Å². The van der Waals surface area contributed by atoms with Gasteiger partial charge in [0.05, 0.1) is 12.0 Å². The number of rotatable bonds is 8. The zero-order chi connectivity index (χ0) is 30.0. The van der Waals surface area contributed by atoms with Crippen molar-refractivity contribution in [3.05, 3.63) is 11.6 Å². The first-order valence-corrected chi connectivity index (χ1v) is 18.5. The molecule has 238 valence electrons. The highest BCUT2D eigenvalue weighted by Crippen LogP contribution is 2.67. The van der Waals surface area contributed by atoms with E-state index in [0.29, 0.717) is 28.6 Å². The van der Waals surface area contributed by atoms with Gasteiger partial charge in [0.15, 0.2) is 0 Å². The second kappa shape index (κ2) is 11.8. The molecule has 0 aromatic carbocycles. The molecule has 0 spiro atoms. The van der Waals surface area contributed by atoms with Crippen LogP contribution in [0.2, 0.25) is 0 Å². The molecule has 0 N–H and O–H groups in total. The number of ether oxygens (including phenoxy) is 2. The molecule has 3 nitrogen and oxygen atoms in total. The van der Waals surface area contributed by atoms with E-state index in [4.69, 9.17) is 9.47 Å². The van der Waals surface area contributed by atoms with Gasteiger partial charge in [0, 0.05) is 5.92 Å². The molecule has 0 aromatic rings. The van der Waals surface area contributed by atoms with Crippen LogP contribution in [-0.4, -0.2) is 18.4 Å². The second-order valence-electron chi connectivity index (χ2n) is 17.4. The Balaban J connectivity index is 1.10. The fourth-order valence-corrected chi connectivity index (χ4v) is 12.5. The maximum Gasteiger partial charge on any atom is 0.311 e. The van der Waals surface area contributed by atoms with E-state index in [2.05, 4.69) is 61.5 Å². The third kappa shape index (κ3) is 5.16. The van der Waals surface area contributed by atoms with E-state index >= 15 is 0 Å². The van der Waals surface area contributed by atoms with Crippen molar-refractivity contribution in [1.82, 2.24) is 0 Å². The Hall–Kier alpha value is -0.830. The molecule has 6 rings (SSSR count). The van der Waals surface area contributed by atoms with E-state index in [1.165, 1.54) is 57.8 Å². The minimum Gasteiger partial charge on any atom is -0.435 e. The molecule has 0 unspecified atom stereocenters. The molecule has 4 saturated carbocycles. The number of carbonyl (C=O) groups is 1. The number of hydrogen-bond donors (Lipinski definition) is 0. The van der Waals surface area contributed by atoms with Crippen LogP contribution in [0.3, 0.4) is 0 Å². The van der Waals surface area contributed by atoms with E-state index in [0.717, 1.165) is 67.1 Å². The first-order valence-electron chi connectivity index (χ1n) is 18.5. The van der Waals surface area contributed by atoms with Crippen LogP contribution in [0.25, 0.3) is 0 Å². The number of fused-ring (bicyclic) bond motifs is 6. The molecule has 14 atom stereocenters. The average molecular weight is 581 g/mol. The van der Waals surface area contributed by atoms with Crippen molar-refractivity contribution < 1.29 is 14.3 Å². The van der Waals surface area contributed by atoms with Gasteiger partial charge in [0.2, 0.25) is 6.29 Å². The highest BCUT2D eigenvalue weighted by Gasteiger charge is 2.59. The summed E-state index contributed by atoms with van der Waals surface area (Å²) in [6.07, 6.45) is 19.5. The number of hydrogen-bond acceptors (Lipinski definition) is 3. The predicted octanol–water partition coefficient (Wildman–Crippen LogP) is 10.2. The molecule has 0 bridgehead atoms. The molecule has 3 heteroatoms. The Morgan fingerprint density at radius 1 is 0.952 bits per heavy atom. The maximum atomic E-state index is 12.9. The third-order valence-corrected chi connectivity index (χ3v) is 15.2. The lowest BCUT2D eigenvalue weighted by molar-refractivity contribution is -0.235. The summed E-state index contributed by atoms with van der Waals surface area (Å²) in [7, 11) is 0. The van der Waals surface area contributed by atoms with Crippen molar-refractivity contribution in [3.63, 3.8) is 0 Å². The highest BCUT2D eigenvalue weighted by atomic mass is 16.7. The monoisotopic (exact) mass is 580 g/mol. The Labute approximate surface area is 258 Å². The number of cyclic esters (lactones) is 1. The summed E-state index contributed by atoms with van der Waals surface area (Å²) in [4.78, 5) is 12.9. The Morgan fingerprint density at radius 3 is 2.48 bits per heavy atom. The van der Waals surface area contributed by atoms with Gasteiger partial charge in [-0.3, -0.25) is 4.79 Å². The fraction of sp³-hybridized carbons (Fsp3) is 0.923. The minimum atomic E-state index is -0.351. The Kier molecular flexibility index (Phi) is 8.78. The lowest BCUT2D eigenvalue weighted by Gasteiger charge is -2.58. The van der Waals surface area contributed by atoms with Crippen LogP contribution in [0.5, 0.6) is 0 Å². The van der Waals surface area contributed by atoms with Crippen LogP contribution in [0.15, 0.2) is 11.6 Å². The zero-order valence-electron chi connectivity index (χ0n) is 28.5. The van der Waals surface area contributed by atoms with Crippen molar-refractivity contribution in [2.24, 2.45) is 75.9 Å². The van der Waals surface area contributed by atoms with Crippen molar-refractivity contribution in [1.29, 1.82) is 0 Å². The molecule has 5 fully saturated rings. The molecule has 1 saturated heterocycles. The van der Waals surface area contributed by atoms with Gasteiger partial charge in [-0.1, -0.05) is 79.9 Å². The van der Waals surface area contributed by atoms with Crippen molar-refractivity contribution in [3.8, 4) is 0 Å². The van der Waals surface area contributed by atoms with E-state index in [1.54, 1.807) is 5.57 Å². The van der Waals surface area contributed by atoms with Gasteiger partial charge in [0.1, 0.15) is 0 Å². The van der Waals surface area contributed by atoms with Crippen LogP contribution in [-0.2, 0) is 14.3 Å². The standard InChI is InChI=1S/C39H64O3/c1-9-27(23(2)3)12-10-24(4)32-16-17-33-31-15-13-28-22-29(18-20-38(28,7)34(31)19-21-39(32,33)8)41-37-26(6)30-14-11-25(5)35(30)36(40)42-37/h13,23-27,29-35,37H,9-12,14-22H2,1-8H3/t24-,25+,26+,27-,29+,30-,31+,32-,33+,34+,35-,37+,38+,39-/m1/s1. The number of allylic oxidation sites excluding steroid dienone is 1. The van der Waals surface area contributed by atoms with Crippen molar-refractivity contribution in [2.45, 2.75) is 151 Å². The highest BCUT2D eigenvalue weighted by molar-refractivity contribution is 5.74. The topological polar surface area (TPSA) is 35.5 Å². The van der Waals surface area contributed by atoms with Gasteiger partial charge in [-0.2, -0.15) is 0 Å². The summed E-state index contributed by atoms with van der Waals surface area (Å²) in [6, 6.07) is 0. The maximum absolute atomic E-state index is 12.9. The lowest BCUT2D eigenvalue weighted by atomic mass is 9.47. The van der Waals surface area contributed by atoms with Gasteiger partial charge in [0.25, 0.3) is 0 Å². The normalized spacial score (nSPS) is 48.0. The fourth-order valence-electron chi connectivity index (χ4n) is 12.5. The zero-order valence-corrected chi connectivity index (χ0v) is 28.5. The largest absolute Gasteiger partial charge is 0.435 e. The molecule has 1 aliphatic heterocycles. The second-order valence-corrected chi connectivity index (χ2v) is 17.4. The van der Waals surface area contributed by atoms with Crippen LogP contribution >= 0.6 is 0 Å². The average Bonchev–Trinajstić information content (AvgIpc) is 3.52. The quantitative estimate of drug-likeness (QED) is 0.212. The molecule has 0 amide bonds. The summed E-state index contributed by atoms with van der Waals surface area (Å²) < 4.78 is 12.7. The van der Waals surface area contributed by atoms with Crippen LogP contribution in [0.4, 0.5) is 0 Å². The van der Waals surface area contributed by atoms with Gasteiger partial charge < -0.3 is 9.47 Å². The number of carbonyl (C=O) groups excluding carboxylic acids is 1. The molecule has 6 aliphatic rings. The third-order valence-electron chi connectivity index (χ3n) is 15.2. The SMILES string of the molecule is CC[C@H](CC[C@@H](C)[C@H]1CC[C@H]2[C@@H]3CC=C4C[C@@H](O[C@H]5OC(=O)[C@H]6[C@H](CC[C@@H]6C)[C@@H]5C)CC[C@]4(C)[C@H]3CC[C@]12C)C(C)C. The molecule has 0 aromatic heterocycles. The van der Waals surface area contributed by atoms with Crippen molar-refractivity contribution in [2.75, 3.05) is 0 Å². The molecular weight excluding hydrogens is 516 g/mol. The summed E-state index contributed by atoms with van der Waals surface area (Å²) in [5.74, 6) is 7.40. The van der Waals surface area contributed by atoms with Crippen LogP contribution in [0, 0.1) is 75.9 Å². The Bertz CT molecular complexity index is 1020. The van der Waals surface area contributed by atoms with Crippen LogP contribution < -0.4 is 0 Å². The van der Waals surface area contributed by atoms with Gasteiger partial charge in [-0.15, -0.1) is 0 Å². The van der Waals surface area contributed by atoms with Crippen molar-refractivity contribution >= 4 is 5.97 Å². The molecule has 1 heterocycles. The smallest absolute Gasteiger partial charge is 0.311 e. The van der Waals surface area contributed by atoms with E-state index < -0.39 is 0 Å². The first kappa shape index (κ1) is 31.2. The van der Waals surface area contributed by atoms with Gasteiger partial charge >= 0.3 is 5.97 Å². The Morgan fingerprint density at radius 2 is 1.74 bits per heavy atom. The van der Waals surface area contributed by atoms with Gasteiger partial charge in [-0.05, 0) is 135 Å². The molecular formula is C39H64O3. The predicted molar refractivity (Wildman–Crippen MR) is 172 cm³/mol. The van der Waals surface area contributed by atoms with E-state index in [-0.39, 0.29) is 24.3 Å². The van der Waals surface area contributed by atoms with Crippen LogP contribution in [0.1, 0.15) is 139 Å².